The first-order chi connectivity index (χ1) is 16.8. The van der Waals surface area contributed by atoms with Crippen molar-refractivity contribution in [3.05, 3.63) is 0 Å². The quantitative estimate of drug-likeness (QED) is 0.229. The highest BCUT2D eigenvalue weighted by Crippen LogP contribution is 2.43. The third-order valence-corrected chi connectivity index (χ3v) is 8.54. The number of aliphatic hydroxyl groups is 2. The molecule has 0 saturated heterocycles. The predicted molar refractivity (Wildman–Crippen MR) is 138 cm³/mol. The molecule has 3 rings (SSSR count). The lowest BCUT2D eigenvalue weighted by Gasteiger charge is -2.41. The van der Waals surface area contributed by atoms with E-state index in [1.54, 1.807) is 0 Å². The fourth-order valence-electron chi connectivity index (χ4n) is 6.37. The molecule has 4 atom stereocenters. The molecule has 0 spiro atoms. The zero-order valence-corrected chi connectivity index (χ0v) is 21.7. The average molecular weight is 477 g/mol. The highest BCUT2D eigenvalue weighted by Gasteiger charge is 2.35. The molecule has 0 radical (unpaired) electrons. The molecule has 4 unspecified atom stereocenters. The molecule has 0 aromatic heterocycles. The third kappa shape index (κ3) is 10.6. The van der Waals surface area contributed by atoms with Gasteiger partial charge in [-0.05, 0) is 102 Å². The fraction of sp³-hybridized carbons (Fsp3) is 0.933. The van der Waals surface area contributed by atoms with E-state index in [0.717, 1.165) is 63.6 Å². The minimum absolute atomic E-state index is 0.317. The summed E-state index contributed by atoms with van der Waals surface area (Å²) >= 11 is 0. The number of ether oxygens (including phenoxy) is 2. The minimum Gasteiger partial charge on any atom is -0.396 e. The van der Waals surface area contributed by atoms with E-state index in [2.05, 4.69) is 11.8 Å². The standard InChI is InChI=1S/C30H52O4/c31-19-5-1-3-7-21-33-29-16-12-25(13-17-29)9-10-26-11-14-28-24-30(18-15-27(28)23-26)34-22-8-4-2-6-20-32/h25-32H,1-8,11-24H2. The smallest absolute Gasteiger partial charge is 0.0578 e. The van der Waals surface area contributed by atoms with E-state index >= 15 is 0 Å². The summed E-state index contributed by atoms with van der Waals surface area (Å²) in [6, 6.07) is 0. The van der Waals surface area contributed by atoms with Crippen LogP contribution in [-0.4, -0.2) is 48.8 Å². The van der Waals surface area contributed by atoms with E-state index in [1.807, 2.05) is 0 Å². The van der Waals surface area contributed by atoms with Crippen LogP contribution >= 0.6 is 0 Å². The van der Waals surface area contributed by atoms with E-state index in [9.17, 15) is 0 Å². The summed E-state index contributed by atoms with van der Waals surface area (Å²) in [6.07, 6.45) is 22.2. The SMILES string of the molecule is OCCCCCCOC1CCC(C#CC2CCC3CC(OCCCCCCO)CCC3C2)CC1. The Kier molecular flexibility index (Phi) is 14.0. The van der Waals surface area contributed by atoms with Crippen LogP contribution in [-0.2, 0) is 9.47 Å². The van der Waals surface area contributed by atoms with Crippen LogP contribution in [0.1, 0.15) is 116 Å². The van der Waals surface area contributed by atoms with Crippen molar-refractivity contribution in [2.45, 2.75) is 128 Å². The van der Waals surface area contributed by atoms with Gasteiger partial charge in [0, 0.05) is 38.3 Å². The zero-order chi connectivity index (χ0) is 23.8. The number of rotatable bonds is 14. The van der Waals surface area contributed by atoms with Crippen LogP contribution in [0, 0.1) is 35.5 Å². The molecular weight excluding hydrogens is 424 g/mol. The van der Waals surface area contributed by atoms with Gasteiger partial charge in [-0.25, -0.2) is 0 Å². The second kappa shape index (κ2) is 17.0. The second-order valence-electron chi connectivity index (χ2n) is 11.2. The van der Waals surface area contributed by atoms with Gasteiger partial charge >= 0.3 is 0 Å². The van der Waals surface area contributed by atoms with Crippen LogP contribution < -0.4 is 0 Å². The summed E-state index contributed by atoms with van der Waals surface area (Å²) in [7, 11) is 0. The lowest BCUT2D eigenvalue weighted by Crippen LogP contribution is -2.34. The average Bonchev–Trinajstić information content (AvgIpc) is 2.87. The Labute approximate surface area is 209 Å². The molecule has 34 heavy (non-hydrogen) atoms. The van der Waals surface area contributed by atoms with Gasteiger partial charge in [0.2, 0.25) is 0 Å². The Morgan fingerprint density at radius 1 is 0.500 bits per heavy atom. The molecule has 4 nitrogen and oxygen atoms in total. The molecule has 0 heterocycles. The highest BCUT2D eigenvalue weighted by molar-refractivity contribution is 5.10. The van der Waals surface area contributed by atoms with Crippen LogP contribution in [0.25, 0.3) is 0 Å². The van der Waals surface area contributed by atoms with Gasteiger partial charge in [0.05, 0.1) is 12.2 Å². The predicted octanol–water partition coefficient (Wildman–Crippen LogP) is 6.27. The molecule has 3 aliphatic carbocycles. The topological polar surface area (TPSA) is 58.9 Å². The molecule has 2 N–H and O–H groups in total. The molecule has 0 aliphatic heterocycles. The normalized spacial score (nSPS) is 31.5. The van der Waals surface area contributed by atoms with Gasteiger partial charge in [-0.15, -0.1) is 0 Å². The Morgan fingerprint density at radius 3 is 1.68 bits per heavy atom. The van der Waals surface area contributed by atoms with Crippen LogP contribution in [0.4, 0.5) is 0 Å². The van der Waals surface area contributed by atoms with Gasteiger partial charge in [-0.2, -0.15) is 0 Å². The van der Waals surface area contributed by atoms with Crippen LogP contribution in [0.15, 0.2) is 0 Å². The molecule has 3 aliphatic rings. The number of fused-ring (bicyclic) bond motifs is 1. The third-order valence-electron chi connectivity index (χ3n) is 8.54. The van der Waals surface area contributed by atoms with E-state index in [4.69, 9.17) is 19.7 Å². The van der Waals surface area contributed by atoms with E-state index < -0.39 is 0 Å². The summed E-state index contributed by atoms with van der Waals surface area (Å²) < 4.78 is 12.3. The van der Waals surface area contributed by atoms with Crippen molar-refractivity contribution in [2.24, 2.45) is 23.7 Å². The maximum atomic E-state index is 8.87. The van der Waals surface area contributed by atoms with E-state index in [1.165, 1.54) is 77.0 Å². The largest absolute Gasteiger partial charge is 0.396 e. The van der Waals surface area contributed by atoms with E-state index in [0.29, 0.717) is 37.3 Å². The lowest BCUT2D eigenvalue weighted by molar-refractivity contribution is -0.0174. The first kappa shape index (κ1) is 28.0. The van der Waals surface area contributed by atoms with Crippen LogP contribution in [0.2, 0.25) is 0 Å². The van der Waals surface area contributed by atoms with Crippen molar-refractivity contribution >= 4 is 0 Å². The number of unbranched alkanes of at least 4 members (excludes halogenated alkanes) is 6. The van der Waals surface area contributed by atoms with Gasteiger partial charge in [0.1, 0.15) is 0 Å². The molecule has 0 aromatic rings. The van der Waals surface area contributed by atoms with E-state index in [-0.39, 0.29) is 0 Å². The summed E-state index contributed by atoms with van der Waals surface area (Å²) in [4.78, 5) is 0. The molecule has 4 heteroatoms. The van der Waals surface area contributed by atoms with Crippen molar-refractivity contribution in [1.82, 2.24) is 0 Å². The van der Waals surface area contributed by atoms with Gasteiger partial charge in [-0.3, -0.25) is 0 Å². The summed E-state index contributed by atoms with van der Waals surface area (Å²) in [6.45, 7) is 2.42. The van der Waals surface area contributed by atoms with Gasteiger partial charge in [0.15, 0.2) is 0 Å². The molecule has 3 fully saturated rings. The van der Waals surface area contributed by atoms with Crippen molar-refractivity contribution in [2.75, 3.05) is 26.4 Å². The minimum atomic E-state index is 0.317. The highest BCUT2D eigenvalue weighted by atomic mass is 16.5. The summed E-state index contributed by atoms with van der Waals surface area (Å²) in [5.41, 5.74) is 0. The summed E-state index contributed by atoms with van der Waals surface area (Å²) in [5.74, 6) is 10.4. The Bertz CT molecular complexity index is 574. The maximum absolute atomic E-state index is 8.87. The first-order valence-corrected chi connectivity index (χ1v) is 14.7. The van der Waals surface area contributed by atoms with Crippen molar-refractivity contribution in [1.29, 1.82) is 0 Å². The molecule has 3 saturated carbocycles. The lowest BCUT2D eigenvalue weighted by atomic mass is 9.67. The van der Waals surface area contributed by atoms with Crippen LogP contribution in [0.5, 0.6) is 0 Å². The molecule has 196 valence electrons. The van der Waals surface area contributed by atoms with Crippen molar-refractivity contribution in [3.8, 4) is 11.8 Å². The van der Waals surface area contributed by atoms with Gasteiger partial charge in [-0.1, -0.05) is 37.5 Å². The Morgan fingerprint density at radius 2 is 1.00 bits per heavy atom. The molecule has 0 amide bonds. The van der Waals surface area contributed by atoms with Crippen LogP contribution in [0.3, 0.4) is 0 Å². The maximum Gasteiger partial charge on any atom is 0.0578 e. The van der Waals surface area contributed by atoms with Crippen molar-refractivity contribution in [3.63, 3.8) is 0 Å². The number of aliphatic hydroxyl groups excluding tert-OH is 2. The Hall–Kier alpha value is -0.600. The molecular formula is C30H52O4. The number of hydrogen-bond acceptors (Lipinski definition) is 4. The zero-order valence-electron chi connectivity index (χ0n) is 21.7. The molecule has 0 aromatic carbocycles. The van der Waals surface area contributed by atoms with Gasteiger partial charge in [0.25, 0.3) is 0 Å². The molecule has 0 bridgehead atoms. The Balaban J connectivity index is 1.25. The fourth-order valence-corrected chi connectivity index (χ4v) is 6.37. The second-order valence-corrected chi connectivity index (χ2v) is 11.2. The number of hydrogen-bond donors (Lipinski definition) is 2. The monoisotopic (exact) mass is 476 g/mol. The first-order valence-electron chi connectivity index (χ1n) is 14.7. The summed E-state index contributed by atoms with van der Waals surface area (Å²) in [5, 5.41) is 17.7. The van der Waals surface area contributed by atoms with Crippen molar-refractivity contribution < 1.29 is 19.7 Å². The van der Waals surface area contributed by atoms with Gasteiger partial charge < -0.3 is 19.7 Å².